The van der Waals surface area contributed by atoms with Crippen molar-refractivity contribution in [1.82, 2.24) is 0 Å². The van der Waals surface area contributed by atoms with Crippen LogP contribution in [0.4, 0.5) is 0 Å². The van der Waals surface area contributed by atoms with Crippen molar-refractivity contribution in [3.63, 3.8) is 0 Å². The van der Waals surface area contributed by atoms with Crippen LogP contribution in [0.1, 0.15) is 24.0 Å². The highest BCUT2D eigenvalue weighted by Gasteiger charge is 2.21. The van der Waals surface area contributed by atoms with Crippen molar-refractivity contribution in [2.24, 2.45) is 11.8 Å². The van der Waals surface area contributed by atoms with Crippen molar-refractivity contribution < 1.29 is 9.84 Å². The molecule has 94 valence electrons. The number of ether oxygens (including phenoxy) is 1. The second kappa shape index (κ2) is 6.18. The summed E-state index contributed by atoms with van der Waals surface area (Å²) in [5, 5.41) is 9.36. The highest BCUT2D eigenvalue weighted by Crippen LogP contribution is 2.29. The lowest BCUT2D eigenvalue weighted by Crippen LogP contribution is -2.17. The summed E-state index contributed by atoms with van der Waals surface area (Å²) in [6, 6.07) is 8.48. The molecule has 0 aromatic heterocycles. The molecule has 1 atom stereocenters. The molecular weight excluding hydrogens is 212 g/mol. The molecule has 17 heavy (non-hydrogen) atoms. The van der Waals surface area contributed by atoms with Crippen LogP contribution in [-0.4, -0.2) is 24.9 Å². The van der Waals surface area contributed by atoms with Gasteiger partial charge in [0, 0.05) is 19.1 Å². The minimum Gasteiger partial charge on any atom is -0.396 e. The fourth-order valence-corrected chi connectivity index (χ4v) is 2.03. The van der Waals surface area contributed by atoms with Crippen LogP contribution in [0.5, 0.6) is 0 Å². The molecule has 0 bridgehead atoms. The van der Waals surface area contributed by atoms with Crippen LogP contribution in [0.25, 0.3) is 0 Å². The lowest BCUT2D eigenvalue weighted by atomic mass is 9.99. The molecule has 1 aliphatic rings. The third kappa shape index (κ3) is 4.49. The molecule has 1 saturated carbocycles. The first-order valence-electron chi connectivity index (χ1n) is 6.52. The van der Waals surface area contributed by atoms with E-state index in [2.05, 4.69) is 31.2 Å². The first-order chi connectivity index (χ1) is 8.28. The molecule has 0 heterocycles. The Morgan fingerprint density at radius 1 is 1.41 bits per heavy atom. The molecule has 0 radical (unpaired) electrons. The topological polar surface area (TPSA) is 29.5 Å². The Labute approximate surface area is 104 Å². The van der Waals surface area contributed by atoms with Crippen LogP contribution in [0.3, 0.4) is 0 Å². The second-order valence-corrected chi connectivity index (χ2v) is 5.22. The molecule has 2 nitrogen and oxygen atoms in total. The third-order valence-corrected chi connectivity index (χ3v) is 3.27. The van der Waals surface area contributed by atoms with Gasteiger partial charge in [-0.3, -0.25) is 0 Å². The van der Waals surface area contributed by atoms with Gasteiger partial charge in [0.1, 0.15) is 0 Å². The number of hydrogen-bond donors (Lipinski definition) is 1. The van der Waals surface area contributed by atoms with Gasteiger partial charge in [-0.2, -0.15) is 0 Å². The number of aryl methyl sites for hydroxylation is 1. The van der Waals surface area contributed by atoms with E-state index in [1.165, 1.54) is 24.0 Å². The summed E-state index contributed by atoms with van der Waals surface area (Å²) in [5.74, 6) is 1.03. The summed E-state index contributed by atoms with van der Waals surface area (Å²) in [7, 11) is 0. The molecular formula is C15H22O2. The van der Waals surface area contributed by atoms with Gasteiger partial charge in [0.15, 0.2) is 0 Å². The monoisotopic (exact) mass is 234 g/mol. The van der Waals surface area contributed by atoms with E-state index in [0.29, 0.717) is 6.61 Å². The van der Waals surface area contributed by atoms with Crippen LogP contribution in [0.15, 0.2) is 24.3 Å². The van der Waals surface area contributed by atoms with Crippen LogP contribution in [-0.2, 0) is 11.2 Å². The maximum Gasteiger partial charge on any atom is 0.0519 e. The molecule has 0 amide bonds. The minimum atomic E-state index is 0.207. The molecule has 0 aliphatic heterocycles. The molecule has 1 aromatic carbocycles. The summed E-state index contributed by atoms with van der Waals surface area (Å²) in [5.41, 5.74) is 2.57. The highest BCUT2D eigenvalue weighted by atomic mass is 16.5. The van der Waals surface area contributed by atoms with Gasteiger partial charge in [-0.25, -0.2) is 0 Å². The predicted molar refractivity (Wildman–Crippen MR) is 69.0 cm³/mol. The Kier molecular flexibility index (Phi) is 4.57. The molecule has 2 heteroatoms. The van der Waals surface area contributed by atoms with Gasteiger partial charge in [-0.15, -0.1) is 0 Å². The Balaban J connectivity index is 1.76. The molecule has 0 saturated heterocycles. The van der Waals surface area contributed by atoms with Crippen molar-refractivity contribution in [3.05, 3.63) is 35.4 Å². The smallest absolute Gasteiger partial charge is 0.0519 e. The SMILES string of the molecule is Cc1cccc(CC(CO)COCC2CC2)c1. The molecule has 1 aromatic rings. The van der Waals surface area contributed by atoms with Gasteiger partial charge in [0.2, 0.25) is 0 Å². The summed E-state index contributed by atoms with van der Waals surface area (Å²) in [4.78, 5) is 0. The normalized spacial score (nSPS) is 17.1. The summed E-state index contributed by atoms with van der Waals surface area (Å²) in [6.07, 6.45) is 3.55. The van der Waals surface area contributed by atoms with Gasteiger partial charge in [-0.05, 0) is 37.7 Å². The minimum absolute atomic E-state index is 0.207. The first kappa shape index (κ1) is 12.6. The quantitative estimate of drug-likeness (QED) is 0.785. The van der Waals surface area contributed by atoms with E-state index in [4.69, 9.17) is 4.74 Å². The number of rotatable bonds is 7. The average Bonchev–Trinajstić information content (AvgIpc) is 3.12. The number of aliphatic hydroxyl groups is 1. The number of hydrogen-bond acceptors (Lipinski definition) is 2. The van der Waals surface area contributed by atoms with Gasteiger partial charge < -0.3 is 9.84 Å². The maximum absolute atomic E-state index is 9.36. The van der Waals surface area contributed by atoms with Crippen LogP contribution < -0.4 is 0 Å². The largest absolute Gasteiger partial charge is 0.396 e. The zero-order chi connectivity index (χ0) is 12.1. The number of aliphatic hydroxyl groups excluding tert-OH is 1. The van der Waals surface area contributed by atoms with E-state index in [0.717, 1.165) is 18.9 Å². The Morgan fingerprint density at radius 2 is 2.24 bits per heavy atom. The van der Waals surface area contributed by atoms with Crippen molar-refractivity contribution in [2.75, 3.05) is 19.8 Å². The molecule has 1 unspecified atom stereocenters. The van der Waals surface area contributed by atoms with E-state index in [9.17, 15) is 5.11 Å². The fraction of sp³-hybridized carbons (Fsp3) is 0.600. The lowest BCUT2D eigenvalue weighted by Gasteiger charge is -2.14. The summed E-state index contributed by atoms with van der Waals surface area (Å²) in [6.45, 7) is 3.87. The summed E-state index contributed by atoms with van der Waals surface area (Å²) >= 11 is 0. The summed E-state index contributed by atoms with van der Waals surface area (Å²) < 4.78 is 5.65. The van der Waals surface area contributed by atoms with Crippen molar-refractivity contribution in [1.29, 1.82) is 0 Å². The molecule has 1 fully saturated rings. The van der Waals surface area contributed by atoms with E-state index in [1.54, 1.807) is 0 Å². The maximum atomic E-state index is 9.36. The molecule has 1 aliphatic carbocycles. The Bertz CT molecular complexity index is 345. The van der Waals surface area contributed by atoms with Crippen LogP contribution in [0.2, 0.25) is 0 Å². The van der Waals surface area contributed by atoms with E-state index >= 15 is 0 Å². The second-order valence-electron chi connectivity index (χ2n) is 5.22. The molecule has 2 rings (SSSR count). The van der Waals surface area contributed by atoms with Gasteiger partial charge >= 0.3 is 0 Å². The lowest BCUT2D eigenvalue weighted by molar-refractivity contribution is 0.0669. The van der Waals surface area contributed by atoms with E-state index in [-0.39, 0.29) is 12.5 Å². The Hall–Kier alpha value is -0.860. The number of benzene rings is 1. The van der Waals surface area contributed by atoms with E-state index in [1.807, 2.05) is 0 Å². The average molecular weight is 234 g/mol. The zero-order valence-electron chi connectivity index (χ0n) is 10.6. The van der Waals surface area contributed by atoms with Crippen LogP contribution >= 0.6 is 0 Å². The van der Waals surface area contributed by atoms with Crippen molar-refractivity contribution in [3.8, 4) is 0 Å². The highest BCUT2D eigenvalue weighted by molar-refractivity contribution is 5.22. The standard InChI is InChI=1S/C15H22O2/c1-12-3-2-4-14(7-12)8-15(9-16)11-17-10-13-5-6-13/h2-4,7,13,15-16H,5-6,8-11H2,1H3. The molecule has 0 spiro atoms. The van der Waals surface area contributed by atoms with Crippen molar-refractivity contribution in [2.45, 2.75) is 26.2 Å². The first-order valence-corrected chi connectivity index (χ1v) is 6.52. The van der Waals surface area contributed by atoms with Gasteiger partial charge in [-0.1, -0.05) is 29.8 Å². The Morgan fingerprint density at radius 3 is 2.88 bits per heavy atom. The third-order valence-electron chi connectivity index (χ3n) is 3.27. The van der Waals surface area contributed by atoms with Crippen molar-refractivity contribution >= 4 is 0 Å². The van der Waals surface area contributed by atoms with Gasteiger partial charge in [0.05, 0.1) is 6.61 Å². The zero-order valence-corrected chi connectivity index (χ0v) is 10.6. The van der Waals surface area contributed by atoms with Crippen LogP contribution in [0, 0.1) is 18.8 Å². The fourth-order valence-electron chi connectivity index (χ4n) is 2.03. The van der Waals surface area contributed by atoms with Gasteiger partial charge in [0.25, 0.3) is 0 Å². The van der Waals surface area contributed by atoms with E-state index < -0.39 is 0 Å². The molecule has 1 N–H and O–H groups in total. The predicted octanol–water partition coefficient (Wildman–Crippen LogP) is 2.57.